The normalized spacial score (nSPS) is 13.0. The van der Waals surface area contributed by atoms with Gasteiger partial charge in [-0.3, -0.25) is 0 Å². The average Bonchev–Trinajstić information content (AvgIpc) is 2.36. The fourth-order valence-corrected chi connectivity index (χ4v) is 2.62. The molecule has 102 valence electrons. The summed E-state index contributed by atoms with van der Waals surface area (Å²) in [6.45, 7) is 5.84. The standard InChI is InChI=1S/C14H22BrFN2/c1-3-10(4-2)9-18-14(8-17)12-6-5-11(16)7-13(12)15/h5-7,10,14,18H,3-4,8-9,17H2,1-2H3. The van der Waals surface area contributed by atoms with Crippen LogP contribution in [-0.4, -0.2) is 13.1 Å². The molecule has 1 aromatic carbocycles. The van der Waals surface area contributed by atoms with Crippen LogP contribution in [0.2, 0.25) is 0 Å². The maximum Gasteiger partial charge on any atom is 0.124 e. The van der Waals surface area contributed by atoms with Crippen LogP contribution in [0, 0.1) is 11.7 Å². The van der Waals surface area contributed by atoms with Gasteiger partial charge in [0.25, 0.3) is 0 Å². The van der Waals surface area contributed by atoms with Gasteiger partial charge >= 0.3 is 0 Å². The van der Waals surface area contributed by atoms with Gasteiger partial charge in [0.15, 0.2) is 0 Å². The summed E-state index contributed by atoms with van der Waals surface area (Å²) in [6.07, 6.45) is 2.32. The van der Waals surface area contributed by atoms with E-state index in [2.05, 4.69) is 35.1 Å². The molecule has 0 heterocycles. The van der Waals surface area contributed by atoms with E-state index < -0.39 is 0 Å². The van der Waals surface area contributed by atoms with Crippen molar-refractivity contribution in [1.82, 2.24) is 5.32 Å². The number of halogens is 2. The molecule has 4 heteroatoms. The van der Waals surface area contributed by atoms with E-state index in [0.717, 1.165) is 29.4 Å². The Balaban J connectivity index is 2.71. The van der Waals surface area contributed by atoms with E-state index in [-0.39, 0.29) is 11.9 Å². The van der Waals surface area contributed by atoms with Crippen molar-refractivity contribution in [2.45, 2.75) is 32.7 Å². The molecule has 1 aromatic rings. The highest BCUT2D eigenvalue weighted by molar-refractivity contribution is 9.10. The van der Waals surface area contributed by atoms with Gasteiger partial charge in [0.2, 0.25) is 0 Å². The summed E-state index contributed by atoms with van der Waals surface area (Å²) in [5.74, 6) is 0.430. The number of benzene rings is 1. The number of nitrogens with two attached hydrogens (primary N) is 1. The summed E-state index contributed by atoms with van der Waals surface area (Å²) in [5, 5.41) is 3.47. The largest absolute Gasteiger partial charge is 0.329 e. The van der Waals surface area contributed by atoms with Crippen LogP contribution in [0.3, 0.4) is 0 Å². The second kappa shape index (κ2) is 7.87. The molecule has 3 N–H and O–H groups in total. The van der Waals surface area contributed by atoms with Crippen molar-refractivity contribution in [3.05, 3.63) is 34.1 Å². The Morgan fingerprint density at radius 1 is 1.33 bits per heavy atom. The number of hydrogen-bond acceptors (Lipinski definition) is 2. The summed E-state index contributed by atoms with van der Waals surface area (Å²) < 4.78 is 13.8. The van der Waals surface area contributed by atoms with E-state index >= 15 is 0 Å². The van der Waals surface area contributed by atoms with Crippen LogP contribution in [0.25, 0.3) is 0 Å². The Morgan fingerprint density at radius 2 is 2.00 bits per heavy atom. The van der Waals surface area contributed by atoms with Crippen molar-refractivity contribution in [3.63, 3.8) is 0 Å². The Morgan fingerprint density at radius 3 is 2.50 bits per heavy atom. The first-order valence-electron chi connectivity index (χ1n) is 6.50. The fourth-order valence-electron chi connectivity index (χ4n) is 1.99. The minimum atomic E-state index is -0.235. The molecule has 0 aliphatic carbocycles. The van der Waals surface area contributed by atoms with Crippen molar-refractivity contribution < 1.29 is 4.39 Å². The van der Waals surface area contributed by atoms with Crippen LogP contribution < -0.4 is 11.1 Å². The summed E-state index contributed by atoms with van der Waals surface area (Å²) in [6, 6.07) is 4.82. The molecule has 18 heavy (non-hydrogen) atoms. The van der Waals surface area contributed by atoms with Crippen molar-refractivity contribution in [1.29, 1.82) is 0 Å². The monoisotopic (exact) mass is 316 g/mol. The van der Waals surface area contributed by atoms with Gasteiger partial charge in [0, 0.05) is 17.1 Å². The lowest BCUT2D eigenvalue weighted by Crippen LogP contribution is -2.32. The molecule has 0 saturated carbocycles. The summed E-state index contributed by atoms with van der Waals surface area (Å²) in [4.78, 5) is 0. The minimum Gasteiger partial charge on any atom is -0.329 e. The van der Waals surface area contributed by atoms with E-state index in [1.165, 1.54) is 12.1 Å². The zero-order chi connectivity index (χ0) is 13.5. The number of rotatable bonds is 7. The maximum atomic E-state index is 13.1. The molecule has 0 spiro atoms. The predicted octanol–water partition coefficient (Wildman–Crippen LogP) is 3.61. The Bertz CT molecular complexity index is 367. The third kappa shape index (κ3) is 4.34. The molecule has 0 bridgehead atoms. The molecule has 0 aliphatic heterocycles. The highest BCUT2D eigenvalue weighted by Gasteiger charge is 2.14. The van der Waals surface area contributed by atoms with E-state index in [4.69, 9.17) is 5.73 Å². The smallest absolute Gasteiger partial charge is 0.124 e. The summed E-state index contributed by atoms with van der Waals surface area (Å²) in [7, 11) is 0. The number of hydrogen-bond donors (Lipinski definition) is 2. The second-order valence-electron chi connectivity index (χ2n) is 4.54. The highest BCUT2D eigenvalue weighted by Crippen LogP contribution is 2.24. The van der Waals surface area contributed by atoms with Crippen LogP contribution in [0.1, 0.15) is 38.3 Å². The van der Waals surface area contributed by atoms with Gasteiger partial charge in [-0.2, -0.15) is 0 Å². The maximum absolute atomic E-state index is 13.1. The van der Waals surface area contributed by atoms with Gasteiger partial charge < -0.3 is 11.1 Å². The number of nitrogens with one attached hydrogen (secondary N) is 1. The van der Waals surface area contributed by atoms with Crippen LogP contribution in [-0.2, 0) is 0 Å². The fraction of sp³-hybridized carbons (Fsp3) is 0.571. The summed E-state index contributed by atoms with van der Waals surface area (Å²) in [5.41, 5.74) is 6.82. The van der Waals surface area contributed by atoms with Crippen molar-refractivity contribution in [3.8, 4) is 0 Å². The molecule has 1 unspecified atom stereocenters. The zero-order valence-corrected chi connectivity index (χ0v) is 12.6. The lowest BCUT2D eigenvalue weighted by atomic mass is 10.0. The van der Waals surface area contributed by atoms with Crippen molar-refractivity contribution >= 4 is 15.9 Å². The quantitative estimate of drug-likeness (QED) is 0.806. The molecule has 0 aliphatic rings. The molecule has 1 atom stereocenters. The van der Waals surface area contributed by atoms with Gasteiger partial charge in [0.1, 0.15) is 5.82 Å². The Hall–Kier alpha value is -0.450. The van der Waals surface area contributed by atoms with E-state index in [1.807, 2.05) is 0 Å². The molecule has 0 saturated heterocycles. The zero-order valence-electron chi connectivity index (χ0n) is 11.0. The molecule has 0 aromatic heterocycles. The molecule has 0 fully saturated rings. The predicted molar refractivity (Wildman–Crippen MR) is 78.0 cm³/mol. The molecular formula is C14H22BrFN2. The van der Waals surface area contributed by atoms with Crippen LogP contribution >= 0.6 is 15.9 Å². The van der Waals surface area contributed by atoms with Crippen LogP contribution in [0.5, 0.6) is 0 Å². The molecule has 1 rings (SSSR count). The average molecular weight is 317 g/mol. The molecule has 2 nitrogen and oxygen atoms in total. The second-order valence-corrected chi connectivity index (χ2v) is 5.40. The third-order valence-corrected chi connectivity index (χ3v) is 4.07. The first-order valence-corrected chi connectivity index (χ1v) is 7.30. The topological polar surface area (TPSA) is 38.0 Å². The third-order valence-electron chi connectivity index (χ3n) is 3.38. The van der Waals surface area contributed by atoms with Crippen LogP contribution in [0.4, 0.5) is 4.39 Å². The SMILES string of the molecule is CCC(CC)CNC(CN)c1ccc(F)cc1Br. The lowest BCUT2D eigenvalue weighted by molar-refractivity contribution is 0.413. The van der Waals surface area contributed by atoms with Crippen molar-refractivity contribution in [2.24, 2.45) is 11.7 Å². The molecule has 0 amide bonds. The van der Waals surface area contributed by atoms with Crippen LogP contribution in [0.15, 0.2) is 22.7 Å². The van der Waals surface area contributed by atoms with Gasteiger partial charge in [-0.15, -0.1) is 0 Å². The van der Waals surface area contributed by atoms with Gasteiger partial charge in [-0.25, -0.2) is 4.39 Å². The van der Waals surface area contributed by atoms with Gasteiger partial charge in [0.05, 0.1) is 0 Å². The molecular weight excluding hydrogens is 295 g/mol. The Labute approximate surface area is 117 Å². The Kier molecular flexibility index (Phi) is 6.82. The van der Waals surface area contributed by atoms with Gasteiger partial charge in [-0.05, 0) is 30.2 Å². The van der Waals surface area contributed by atoms with E-state index in [0.29, 0.717) is 12.5 Å². The van der Waals surface area contributed by atoms with Crippen molar-refractivity contribution in [2.75, 3.05) is 13.1 Å². The minimum absolute atomic E-state index is 0.0700. The first-order chi connectivity index (χ1) is 8.62. The van der Waals surface area contributed by atoms with E-state index in [9.17, 15) is 4.39 Å². The molecule has 0 radical (unpaired) electrons. The lowest BCUT2D eigenvalue weighted by Gasteiger charge is -2.22. The summed E-state index contributed by atoms with van der Waals surface area (Å²) >= 11 is 3.39. The first kappa shape index (κ1) is 15.6. The highest BCUT2D eigenvalue weighted by atomic mass is 79.9. The van der Waals surface area contributed by atoms with E-state index in [1.54, 1.807) is 6.07 Å². The van der Waals surface area contributed by atoms with Gasteiger partial charge in [-0.1, -0.05) is 48.7 Å².